The van der Waals surface area contributed by atoms with Crippen molar-refractivity contribution in [3.8, 4) is 0 Å². The molecule has 1 N–H and O–H groups in total. The largest absolute Gasteiger partial charge is 0.338 e. The van der Waals surface area contributed by atoms with Crippen molar-refractivity contribution in [1.29, 1.82) is 0 Å². The average Bonchev–Trinajstić information content (AvgIpc) is 2.86. The zero-order valence-electron chi connectivity index (χ0n) is 12.4. The van der Waals surface area contributed by atoms with Crippen molar-refractivity contribution in [1.82, 2.24) is 10.2 Å². The van der Waals surface area contributed by atoms with Crippen LogP contribution in [0.4, 0.5) is 0 Å². The Hall–Kier alpha value is -1.06. The van der Waals surface area contributed by atoms with Gasteiger partial charge in [-0.3, -0.25) is 4.79 Å². The number of likely N-dealkylation sites (N-methyl/N-ethyl adjacent to an activating group) is 1. The maximum atomic E-state index is 12.3. The van der Waals surface area contributed by atoms with Crippen molar-refractivity contribution < 1.29 is 4.79 Å². The molecule has 0 spiro atoms. The van der Waals surface area contributed by atoms with E-state index in [0.29, 0.717) is 18.4 Å². The highest BCUT2D eigenvalue weighted by molar-refractivity contribution is 5.85. The molecule has 4 heteroatoms. The summed E-state index contributed by atoms with van der Waals surface area (Å²) in [5, 5.41) is 3.18. The average molecular weight is 297 g/mol. The van der Waals surface area contributed by atoms with Gasteiger partial charge in [-0.25, -0.2) is 0 Å². The predicted octanol–water partition coefficient (Wildman–Crippen LogP) is 2.56. The third-order valence-corrected chi connectivity index (χ3v) is 4.01. The molecule has 0 bridgehead atoms. The molecule has 0 aromatic heterocycles. The van der Waals surface area contributed by atoms with Crippen LogP contribution in [0.5, 0.6) is 0 Å². The van der Waals surface area contributed by atoms with Gasteiger partial charge in [-0.15, -0.1) is 12.4 Å². The fourth-order valence-corrected chi connectivity index (χ4v) is 2.89. The zero-order chi connectivity index (χ0) is 13.7. The van der Waals surface area contributed by atoms with E-state index in [-0.39, 0.29) is 12.4 Å². The molecular weight excluding hydrogens is 272 g/mol. The van der Waals surface area contributed by atoms with E-state index in [1.807, 2.05) is 19.2 Å². The smallest absolute Gasteiger partial charge is 0.223 e. The Bertz CT molecular complexity index is 436. The normalized spacial score (nSPS) is 17.9. The third kappa shape index (κ3) is 4.22. The van der Waals surface area contributed by atoms with Gasteiger partial charge in [0.1, 0.15) is 0 Å². The number of hydrogen-bond acceptors (Lipinski definition) is 2. The summed E-state index contributed by atoms with van der Waals surface area (Å²) >= 11 is 0. The van der Waals surface area contributed by atoms with Crippen molar-refractivity contribution in [2.24, 2.45) is 0 Å². The maximum Gasteiger partial charge on any atom is 0.223 e. The van der Waals surface area contributed by atoms with E-state index < -0.39 is 0 Å². The lowest BCUT2D eigenvalue weighted by Crippen LogP contribution is -2.40. The van der Waals surface area contributed by atoms with Gasteiger partial charge in [0.15, 0.2) is 0 Å². The summed E-state index contributed by atoms with van der Waals surface area (Å²) < 4.78 is 0. The number of halogens is 1. The topological polar surface area (TPSA) is 32.3 Å². The molecule has 20 heavy (non-hydrogen) atoms. The number of likely N-dealkylation sites (tertiary alicyclic amines) is 1. The first kappa shape index (κ1) is 17.0. The molecule has 2 rings (SSSR count). The first-order valence-electron chi connectivity index (χ1n) is 7.21. The van der Waals surface area contributed by atoms with Crippen molar-refractivity contribution in [3.05, 3.63) is 35.4 Å². The van der Waals surface area contributed by atoms with Crippen LogP contribution in [0.15, 0.2) is 24.3 Å². The van der Waals surface area contributed by atoms with Crippen LogP contribution >= 0.6 is 12.4 Å². The molecule has 1 amide bonds. The van der Waals surface area contributed by atoms with Gasteiger partial charge in [0.25, 0.3) is 0 Å². The number of aryl methyl sites for hydroxylation is 2. The van der Waals surface area contributed by atoms with Crippen molar-refractivity contribution >= 4 is 18.3 Å². The predicted molar refractivity (Wildman–Crippen MR) is 85.4 cm³/mol. The molecule has 1 atom stereocenters. The van der Waals surface area contributed by atoms with Crippen LogP contribution in [0, 0.1) is 6.92 Å². The number of carbonyl (C=O) groups is 1. The van der Waals surface area contributed by atoms with Crippen LogP contribution in [-0.2, 0) is 11.2 Å². The molecule has 1 unspecified atom stereocenters. The standard InChI is InChI=1S/C16H24N2O.ClH/c1-13-6-3-4-7-14(13)9-10-16(19)18-11-5-8-15(18)12-17-2;/h3-4,6-7,15,17H,5,8-12H2,1-2H3;1H. The lowest BCUT2D eigenvalue weighted by atomic mass is 10.0. The fourth-order valence-electron chi connectivity index (χ4n) is 2.89. The van der Waals surface area contributed by atoms with Crippen LogP contribution in [0.25, 0.3) is 0 Å². The van der Waals surface area contributed by atoms with Crippen molar-refractivity contribution in [2.45, 2.75) is 38.6 Å². The molecule has 0 saturated carbocycles. The molecule has 1 saturated heterocycles. The highest BCUT2D eigenvalue weighted by Crippen LogP contribution is 2.19. The summed E-state index contributed by atoms with van der Waals surface area (Å²) in [5.74, 6) is 0.306. The lowest BCUT2D eigenvalue weighted by molar-refractivity contribution is -0.131. The quantitative estimate of drug-likeness (QED) is 0.906. The second-order valence-corrected chi connectivity index (χ2v) is 5.37. The Morgan fingerprint density at radius 3 is 2.85 bits per heavy atom. The Morgan fingerprint density at radius 2 is 2.15 bits per heavy atom. The first-order valence-corrected chi connectivity index (χ1v) is 7.21. The number of nitrogens with one attached hydrogen (secondary N) is 1. The first-order chi connectivity index (χ1) is 9.22. The number of benzene rings is 1. The van der Waals surface area contributed by atoms with Gasteiger partial charge in [-0.1, -0.05) is 24.3 Å². The number of rotatable bonds is 5. The molecule has 0 aliphatic carbocycles. The molecule has 1 aliphatic heterocycles. The van der Waals surface area contributed by atoms with Crippen molar-refractivity contribution in [3.63, 3.8) is 0 Å². The monoisotopic (exact) mass is 296 g/mol. The SMILES string of the molecule is CNCC1CCCN1C(=O)CCc1ccccc1C.Cl. The summed E-state index contributed by atoms with van der Waals surface area (Å²) in [4.78, 5) is 14.4. The van der Waals surface area contributed by atoms with Crippen LogP contribution in [0.3, 0.4) is 0 Å². The Morgan fingerprint density at radius 1 is 1.40 bits per heavy atom. The lowest BCUT2D eigenvalue weighted by Gasteiger charge is -2.24. The van der Waals surface area contributed by atoms with Gasteiger partial charge in [0.2, 0.25) is 5.91 Å². The van der Waals surface area contributed by atoms with Gasteiger partial charge >= 0.3 is 0 Å². The van der Waals surface area contributed by atoms with Crippen LogP contribution in [0.2, 0.25) is 0 Å². The number of carbonyl (C=O) groups excluding carboxylic acids is 1. The van der Waals surface area contributed by atoms with Gasteiger partial charge in [0.05, 0.1) is 0 Å². The summed E-state index contributed by atoms with van der Waals surface area (Å²) in [6.07, 6.45) is 3.76. The molecule has 1 aliphatic rings. The molecular formula is C16H25ClN2O. The minimum Gasteiger partial charge on any atom is -0.338 e. The van der Waals surface area contributed by atoms with E-state index in [1.165, 1.54) is 11.1 Å². The summed E-state index contributed by atoms with van der Waals surface area (Å²) in [5.41, 5.74) is 2.57. The van der Waals surface area contributed by atoms with Gasteiger partial charge in [0, 0.05) is 25.6 Å². The van der Waals surface area contributed by atoms with E-state index in [4.69, 9.17) is 0 Å². The second-order valence-electron chi connectivity index (χ2n) is 5.37. The van der Waals surface area contributed by atoms with Crippen LogP contribution in [-0.4, -0.2) is 37.0 Å². The Kier molecular flexibility index (Phi) is 7.03. The van der Waals surface area contributed by atoms with E-state index in [9.17, 15) is 4.79 Å². The minimum absolute atomic E-state index is 0. The summed E-state index contributed by atoms with van der Waals surface area (Å²) in [7, 11) is 1.95. The zero-order valence-corrected chi connectivity index (χ0v) is 13.2. The molecule has 1 aromatic rings. The molecule has 1 aromatic carbocycles. The van der Waals surface area contributed by atoms with Crippen LogP contribution in [0.1, 0.15) is 30.4 Å². The molecule has 3 nitrogen and oxygen atoms in total. The molecule has 0 radical (unpaired) electrons. The number of hydrogen-bond donors (Lipinski definition) is 1. The van der Waals surface area contributed by atoms with E-state index in [0.717, 1.165) is 32.4 Å². The fraction of sp³-hybridized carbons (Fsp3) is 0.562. The highest BCUT2D eigenvalue weighted by atomic mass is 35.5. The summed E-state index contributed by atoms with van der Waals surface area (Å²) in [6, 6.07) is 8.72. The molecule has 1 heterocycles. The Balaban J connectivity index is 0.00000200. The maximum absolute atomic E-state index is 12.3. The number of amides is 1. The van der Waals surface area contributed by atoms with Crippen molar-refractivity contribution in [2.75, 3.05) is 20.1 Å². The minimum atomic E-state index is 0. The molecule has 1 fully saturated rings. The van der Waals surface area contributed by atoms with Gasteiger partial charge in [-0.05, 0) is 44.4 Å². The molecule has 112 valence electrons. The summed E-state index contributed by atoms with van der Waals surface area (Å²) in [6.45, 7) is 3.95. The Labute approximate surface area is 128 Å². The van der Waals surface area contributed by atoms with Gasteiger partial charge in [-0.2, -0.15) is 0 Å². The third-order valence-electron chi connectivity index (χ3n) is 4.01. The van der Waals surface area contributed by atoms with Gasteiger partial charge < -0.3 is 10.2 Å². The van der Waals surface area contributed by atoms with E-state index in [2.05, 4.69) is 29.3 Å². The van der Waals surface area contributed by atoms with Crippen LogP contribution < -0.4 is 5.32 Å². The number of nitrogens with zero attached hydrogens (tertiary/aromatic N) is 1. The second kappa shape index (κ2) is 8.28. The van der Waals surface area contributed by atoms with E-state index >= 15 is 0 Å². The van der Waals surface area contributed by atoms with E-state index in [1.54, 1.807) is 0 Å². The highest BCUT2D eigenvalue weighted by Gasteiger charge is 2.27.